The molecule has 1 heterocycles. The number of benzene rings is 2. The van der Waals surface area contributed by atoms with Crippen LogP contribution in [-0.2, 0) is 10.0 Å². The van der Waals surface area contributed by atoms with Gasteiger partial charge in [0.1, 0.15) is 0 Å². The maximum Gasteiger partial charge on any atom is 0.262 e. The summed E-state index contributed by atoms with van der Waals surface area (Å²) in [5, 5.41) is 0. The van der Waals surface area contributed by atoms with Gasteiger partial charge in [-0.25, -0.2) is 26.6 Å². The smallest absolute Gasteiger partial charge is 0.262 e. The molecule has 0 saturated heterocycles. The van der Waals surface area contributed by atoms with Gasteiger partial charge in [0.15, 0.2) is 23.4 Å². The van der Waals surface area contributed by atoms with Crippen LogP contribution >= 0.6 is 0 Å². The first-order valence-corrected chi connectivity index (χ1v) is 8.33. The first kappa shape index (κ1) is 16.8. The van der Waals surface area contributed by atoms with Crippen LogP contribution in [-0.4, -0.2) is 18.4 Å². The third-order valence-electron chi connectivity index (χ3n) is 3.31. The average molecular weight is 368 g/mol. The summed E-state index contributed by atoms with van der Waals surface area (Å²) >= 11 is 0. The third-order valence-corrected chi connectivity index (χ3v) is 4.67. The molecule has 6 nitrogen and oxygen atoms in total. The molecule has 0 bridgehead atoms. The molecule has 0 atom stereocenters. The summed E-state index contributed by atoms with van der Waals surface area (Å²) in [4.78, 5) is 5.93. The monoisotopic (exact) mass is 368 g/mol. The molecule has 10 heteroatoms. The molecular formula is C15H11F3N4O2S. The minimum absolute atomic E-state index is 0.154. The molecule has 0 spiro atoms. The summed E-state index contributed by atoms with van der Waals surface area (Å²) in [7, 11) is -4.29. The molecule has 25 heavy (non-hydrogen) atoms. The van der Waals surface area contributed by atoms with Gasteiger partial charge in [0.25, 0.3) is 10.0 Å². The van der Waals surface area contributed by atoms with Gasteiger partial charge in [-0.3, -0.25) is 4.72 Å². The maximum atomic E-state index is 13.2. The summed E-state index contributed by atoms with van der Waals surface area (Å²) < 4.78 is 65.9. The second-order valence-electron chi connectivity index (χ2n) is 5.07. The molecule has 3 rings (SSSR count). The molecule has 0 aliphatic heterocycles. The number of halogens is 3. The molecule has 1 aromatic heterocycles. The van der Waals surface area contributed by atoms with Gasteiger partial charge < -0.3 is 10.7 Å². The van der Waals surface area contributed by atoms with E-state index in [2.05, 4.69) is 14.7 Å². The van der Waals surface area contributed by atoms with Crippen molar-refractivity contribution in [2.75, 3.05) is 10.5 Å². The maximum absolute atomic E-state index is 13.2. The van der Waals surface area contributed by atoms with E-state index in [0.29, 0.717) is 23.4 Å². The van der Waals surface area contributed by atoms with E-state index in [1.165, 1.54) is 18.3 Å². The van der Waals surface area contributed by atoms with Crippen LogP contribution in [0, 0.1) is 17.5 Å². The van der Waals surface area contributed by atoms with Crippen LogP contribution < -0.4 is 10.5 Å². The van der Waals surface area contributed by atoms with E-state index in [-0.39, 0.29) is 11.6 Å². The molecule has 4 N–H and O–H groups in total. The number of nitrogens with one attached hydrogen (secondary N) is 2. The van der Waals surface area contributed by atoms with Crippen LogP contribution in [0.3, 0.4) is 0 Å². The first-order chi connectivity index (χ1) is 11.8. The Hall–Kier alpha value is -3.01. The normalized spacial score (nSPS) is 11.5. The number of anilines is 2. The fourth-order valence-corrected chi connectivity index (χ4v) is 3.18. The Bertz CT molecular complexity index is 1010. The number of rotatable bonds is 4. The zero-order valence-corrected chi connectivity index (χ0v) is 13.2. The molecule has 0 amide bonds. The van der Waals surface area contributed by atoms with Crippen molar-refractivity contribution in [3.8, 4) is 11.3 Å². The van der Waals surface area contributed by atoms with Gasteiger partial charge in [-0.1, -0.05) is 12.1 Å². The molecule has 0 aliphatic rings. The standard InChI is InChI=1S/C15H11F3N4O2S/c16-11-5-10(6-12(17)14(11)18)25(23,24)22-9-3-1-8(2-4-9)13-7-20-15(19)21-13/h1-7,22H,(H3,19,20,21). The van der Waals surface area contributed by atoms with Gasteiger partial charge in [0.2, 0.25) is 0 Å². The topological polar surface area (TPSA) is 101 Å². The SMILES string of the molecule is Nc1ncc(-c2ccc(NS(=O)(=O)c3cc(F)c(F)c(F)c3)cc2)[nH]1. The minimum Gasteiger partial charge on any atom is -0.369 e. The van der Waals surface area contributed by atoms with Crippen LogP contribution in [0.25, 0.3) is 11.3 Å². The van der Waals surface area contributed by atoms with Gasteiger partial charge in [0.05, 0.1) is 16.8 Å². The van der Waals surface area contributed by atoms with Crippen LogP contribution in [0.2, 0.25) is 0 Å². The van der Waals surface area contributed by atoms with Gasteiger partial charge in [-0.2, -0.15) is 0 Å². The van der Waals surface area contributed by atoms with E-state index in [0.717, 1.165) is 0 Å². The van der Waals surface area contributed by atoms with E-state index in [9.17, 15) is 21.6 Å². The van der Waals surface area contributed by atoms with E-state index in [1.807, 2.05) is 0 Å². The largest absolute Gasteiger partial charge is 0.369 e. The first-order valence-electron chi connectivity index (χ1n) is 6.84. The summed E-state index contributed by atoms with van der Waals surface area (Å²) in [5.74, 6) is -4.68. The molecule has 0 aliphatic carbocycles. The third kappa shape index (κ3) is 3.43. The van der Waals surface area contributed by atoms with Crippen molar-refractivity contribution in [1.82, 2.24) is 9.97 Å². The highest BCUT2D eigenvalue weighted by Gasteiger charge is 2.20. The van der Waals surface area contributed by atoms with Crippen LogP contribution in [0.4, 0.5) is 24.8 Å². The Kier molecular flexibility index (Phi) is 4.13. The van der Waals surface area contributed by atoms with Crippen molar-refractivity contribution in [2.24, 2.45) is 0 Å². The second kappa shape index (κ2) is 6.13. The Morgan fingerprint density at radius 2 is 1.64 bits per heavy atom. The molecule has 0 radical (unpaired) electrons. The minimum atomic E-state index is -4.29. The zero-order chi connectivity index (χ0) is 18.2. The Morgan fingerprint density at radius 3 is 2.16 bits per heavy atom. The van der Waals surface area contributed by atoms with Crippen LogP contribution in [0.15, 0.2) is 47.5 Å². The van der Waals surface area contributed by atoms with Gasteiger partial charge in [-0.05, 0) is 29.8 Å². The van der Waals surface area contributed by atoms with Crippen molar-refractivity contribution < 1.29 is 21.6 Å². The van der Waals surface area contributed by atoms with Crippen molar-refractivity contribution >= 4 is 21.7 Å². The molecular weight excluding hydrogens is 357 g/mol. The van der Waals surface area contributed by atoms with Crippen molar-refractivity contribution in [3.63, 3.8) is 0 Å². The van der Waals surface area contributed by atoms with E-state index < -0.39 is 32.4 Å². The number of aromatic nitrogens is 2. The number of sulfonamides is 1. The highest BCUT2D eigenvalue weighted by molar-refractivity contribution is 7.92. The predicted octanol–water partition coefficient (Wildman–Crippen LogP) is 2.88. The summed E-state index contributed by atoms with van der Waals surface area (Å²) in [6, 6.07) is 6.89. The van der Waals surface area contributed by atoms with Gasteiger partial charge in [0, 0.05) is 5.69 Å². The van der Waals surface area contributed by atoms with Gasteiger partial charge >= 0.3 is 0 Å². The van der Waals surface area contributed by atoms with Crippen molar-refractivity contribution in [2.45, 2.75) is 4.90 Å². The summed E-state index contributed by atoms with van der Waals surface area (Å²) in [6.45, 7) is 0. The van der Waals surface area contributed by atoms with Crippen molar-refractivity contribution in [3.05, 3.63) is 60.0 Å². The molecule has 3 aromatic rings. The molecule has 0 fully saturated rings. The summed E-state index contributed by atoms with van der Waals surface area (Å²) in [6.07, 6.45) is 1.51. The fraction of sp³-hybridized carbons (Fsp3) is 0. The number of nitrogens with two attached hydrogens (primary N) is 1. The highest BCUT2D eigenvalue weighted by Crippen LogP contribution is 2.23. The van der Waals surface area contributed by atoms with E-state index in [1.54, 1.807) is 12.1 Å². The highest BCUT2D eigenvalue weighted by atomic mass is 32.2. The Balaban J connectivity index is 1.86. The zero-order valence-electron chi connectivity index (χ0n) is 12.4. The lowest BCUT2D eigenvalue weighted by molar-refractivity contribution is 0.442. The number of H-pyrrole nitrogens is 1. The fourth-order valence-electron chi connectivity index (χ4n) is 2.10. The molecule has 0 saturated carbocycles. The van der Waals surface area contributed by atoms with E-state index >= 15 is 0 Å². The summed E-state index contributed by atoms with van der Waals surface area (Å²) in [5.41, 5.74) is 6.97. The number of nitrogen functional groups attached to an aromatic ring is 1. The number of aromatic amines is 1. The molecule has 2 aromatic carbocycles. The molecule has 0 unspecified atom stereocenters. The second-order valence-corrected chi connectivity index (χ2v) is 6.75. The number of hydrogen-bond donors (Lipinski definition) is 3. The Morgan fingerprint density at radius 1 is 1.04 bits per heavy atom. The van der Waals surface area contributed by atoms with Crippen LogP contribution in [0.1, 0.15) is 0 Å². The van der Waals surface area contributed by atoms with Gasteiger partial charge in [-0.15, -0.1) is 0 Å². The Labute approximate surface area is 140 Å². The van der Waals surface area contributed by atoms with Crippen molar-refractivity contribution in [1.29, 1.82) is 0 Å². The lowest BCUT2D eigenvalue weighted by Gasteiger charge is -2.09. The van der Waals surface area contributed by atoms with E-state index in [4.69, 9.17) is 5.73 Å². The predicted molar refractivity (Wildman–Crippen MR) is 85.6 cm³/mol. The quantitative estimate of drug-likeness (QED) is 0.617. The lowest BCUT2D eigenvalue weighted by atomic mass is 10.1. The number of nitrogens with zero attached hydrogens (tertiary/aromatic N) is 1. The molecule has 130 valence electrons. The number of imidazole rings is 1. The number of hydrogen-bond acceptors (Lipinski definition) is 4. The van der Waals surface area contributed by atoms with Crippen LogP contribution in [0.5, 0.6) is 0 Å². The average Bonchev–Trinajstić information content (AvgIpc) is 2.99. The lowest BCUT2D eigenvalue weighted by Crippen LogP contribution is -2.14.